The number of H-pyrrole nitrogens is 1. The van der Waals surface area contributed by atoms with Crippen molar-refractivity contribution < 1.29 is 9.53 Å². The zero-order chi connectivity index (χ0) is 20.2. The lowest BCUT2D eigenvalue weighted by Gasteiger charge is -2.30. The zero-order valence-electron chi connectivity index (χ0n) is 15.9. The van der Waals surface area contributed by atoms with Gasteiger partial charge in [-0.15, -0.1) is 0 Å². The maximum atomic E-state index is 12.5. The summed E-state index contributed by atoms with van der Waals surface area (Å²) in [5.41, 5.74) is 0.993. The number of thiol groups is 1. The summed E-state index contributed by atoms with van der Waals surface area (Å²) in [7, 11) is 1.94. The van der Waals surface area contributed by atoms with Gasteiger partial charge in [-0.05, 0) is 30.5 Å². The fourth-order valence-corrected chi connectivity index (χ4v) is 4.63. The van der Waals surface area contributed by atoms with Gasteiger partial charge >= 0.3 is 6.09 Å². The van der Waals surface area contributed by atoms with Gasteiger partial charge in [0.1, 0.15) is 17.9 Å². The zero-order valence-corrected chi connectivity index (χ0v) is 17.6. The van der Waals surface area contributed by atoms with Crippen LogP contribution in [-0.4, -0.2) is 54.1 Å². The summed E-state index contributed by atoms with van der Waals surface area (Å²) < 4.78 is 7.49. The number of piperidine rings is 1. The molecule has 10 heteroatoms. The lowest BCUT2D eigenvalue weighted by Crippen LogP contribution is -2.40. The fraction of sp³-hybridized carbons (Fsp3) is 0.368. The number of aromatic amines is 1. The average Bonchev–Trinajstić information content (AvgIpc) is 3.40. The molecule has 0 bridgehead atoms. The third-order valence-corrected chi connectivity index (χ3v) is 6.63. The highest BCUT2D eigenvalue weighted by Crippen LogP contribution is 2.29. The average molecular weight is 431 g/mol. The molecule has 0 radical (unpaired) electrons. The Hall–Kier alpha value is -2.46. The summed E-state index contributed by atoms with van der Waals surface area (Å²) in [6.07, 6.45) is 6.62. The van der Waals surface area contributed by atoms with Crippen LogP contribution in [0.15, 0.2) is 48.1 Å². The molecule has 3 heterocycles. The third-order valence-electron chi connectivity index (χ3n) is 4.88. The highest BCUT2D eigenvalue weighted by Gasteiger charge is 2.25. The van der Waals surface area contributed by atoms with Gasteiger partial charge in [0, 0.05) is 37.8 Å². The van der Waals surface area contributed by atoms with Gasteiger partial charge in [0.2, 0.25) is 0 Å². The van der Waals surface area contributed by atoms with Gasteiger partial charge in [0.25, 0.3) is 0 Å². The quantitative estimate of drug-likeness (QED) is 0.604. The lowest BCUT2D eigenvalue weighted by molar-refractivity contribution is 0.143. The first-order valence-corrected chi connectivity index (χ1v) is 10.7. The van der Waals surface area contributed by atoms with E-state index in [0.717, 1.165) is 29.4 Å². The van der Waals surface area contributed by atoms with Gasteiger partial charge in [-0.3, -0.25) is 5.10 Å². The van der Waals surface area contributed by atoms with Crippen LogP contribution in [0.2, 0.25) is 0 Å². The monoisotopic (exact) mass is 430 g/mol. The molecule has 29 heavy (non-hydrogen) atoms. The van der Waals surface area contributed by atoms with Gasteiger partial charge in [-0.2, -0.15) is 17.7 Å². The second-order valence-electron chi connectivity index (χ2n) is 6.83. The summed E-state index contributed by atoms with van der Waals surface area (Å²) in [6, 6.07) is 7.42. The number of thioether (sulfide) groups is 1. The molecule has 1 amide bonds. The first-order chi connectivity index (χ1) is 14.1. The summed E-state index contributed by atoms with van der Waals surface area (Å²) >= 11 is 6.33. The normalized spacial score (nSPS) is 16.0. The van der Waals surface area contributed by atoms with Crippen LogP contribution in [-0.2, 0) is 7.05 Å². The summed E-state index contributed by atoms with van der Waals surface area (Å²) in [5, 5.41) is 7.83. The van der Waals surface area contributed by atoms with Crippen molar-refractivity contribution in [3.63, 3.8) is 0 Å². The van der Waals surface area contributed by atoms with E-state index in [2.05, 4.69) is 32.8 Å². The molecule has 1 N–H and O–H groups in total. The molecular formula is C19H22N6O2S2. The molecule has 0 spiro atoms. The molecule has 152 valence electrons. The number of benzene rings is 1. The molecule has 1 atom stereocenters. The molecule has 4 rings (SSSR count). The Balaban J connectivity index is 1.29. The van der Waals surface area contributed by atoms with Crippen LogP contribution in [0.3, 0.4) is 0 Å². The SMILES string of the molecule is Cn1ccnc1C(S)c1ccc(OC(=O)N2CCC(Sc3ncn[nH]3)CC2)cc1. The highest BCUT2D eigenvalue weighted by molar-refractivity contribution is 7.99. The van der Waals surface area contributed by atoms with E-state index in [9.17, 15) is 4.79 Å². The number of hydrogen-bond acceptors (Lipinski definition) is 7. The van der Waals surface area contributed by atoms with Crippen LogP contribution in [0.25, 0.3) is 0 Å². The summed E-state index contributed by atoms with van der Waals surface area (Å²) in [6.45, 7) is 1.33. The number of amides is 1. The van der Waals surface area contributed by atoms with E-state index in [4.69, 9.17) is 4.74 Å². The number of carbonyl (C=O) groups excluding carboxylic acids is 1. The molecule has 8 nitrogen and oxygen atoms in total. The van der Waals surface area contributed by atoms with Crippen LogP contribution in [0.5, 0.6) is 5.75 Å². The Morgan fingerprint density at radius 2 is 2.03 bits per heavy atom. The maximum Gasteiger partial charge on any atom is 0.415 e. The minimum absolute atomic E-state index is 0.138. The topological polar surface area (TPSA) is 88.9 Å². The third kappa shape index (κ3) is 4.76. The Bertz CT molecular complexity index is 936. The summed E-state index contributed by atoms with van der Waals surface area (Å²) in [4.78, 5) is 22.7. The number of hydrogen-bond donors (Lipinski definition) is 2. The lowest BCUT2D eigenvalue weighted by atomic mass is 10.1. The molecule has 1 aliphatic heterocycles. The van der Waals surface area contributed by atoms with Gasteiger partial charge in [-0.1, -0.05) is 23.9 Å². The largest absolute Gasteiger partial charge is 0.415 e. The van der Waals surface area contributed by atoms with Crippen molar-refractivity contribution in [1.82, 2.24) is 29.6 Å². The molecular weight excluding hydrogens is 408 g/mol. The molecule has 1 fully saturated rings. The number of nitrogens with one attached hydrogen (secondary N) is 1. The number of aryl methyl sites for hydroxylation is 1. The first kappa shape index (κ1) is 19.8. The smallest absolute Gasteiger partial charge is 0.410 e. The molecule has 1 aliphatic rings. The number of nitrogens with zero attached hydrogens (tertiary/aromatic N) is 5. The van der Waals surface area contributed by atoms with Gasteiger partial charge < -0.3 is 14.2 Å². The van der Waals surface area contributed by atoms with Gasteiger partial charge in [0.15, 0.2) is 5.16 Å². The fourth-order valence-electron chi connectivity index (χ4n) is 3.24. The van der Waals surface area contributed by atoms with Crippen LogP contribution in [0.1, 0.15) is 29.5 Å². The minimum Gasteiger partial charge on any atom is -0.410 e. The standard InChI is InChI=1S/C19H22N6O2S2/c1-24-11-8-20-17(24)16(28)13-2-4-14(5-3-13)27-19(26)25-9-6-15(7-10-25)29-18-21-12-22-23-18/h2-5,8,11-12,15-16,28H,6-7,9-10H2,1H3,(H,21,22,23). The number of imidazole rings is 1. The van der Waals surface area contributed by atoms with Crippen molar-refractivity contribution in [2.24, 2.45) is 7.05 Å². The molecule has 0 saturated carbocycles. The molecule has 1 unspecified atom stereocenters. The first-order valence-electron chi connectivity index (χ1n) is 9.34. The number of aromatic nitrogens is 5. The Kier molecular flexibility index (Phi) is 6.10. The number of carbonyl (C=O) groups is 1. The van der Waals surface area contributed by atoms with Crippen LogP contribution in [0.4, 0.5) is 4.79 Å². The van der Waals surface area contributed by atoms with E-state index in [1.165, 1.54) is 6.33 Å². The Morgan fingerprint density at radius 1 is 1.28 bits per heavy atom. The molecule has 3 aromatic rings. The molecule has 1 saturated heterocycles. The minimum atomic E-state index is -0.313. The van der Waals surface area contributed by atoms with Gasteiger partial charge in [0.05, 0.1) is 5.25 Å². The van der Waals surface area contributed by atoms with Crippen molar-refractivity contribution in [3.05, 3.63) is 54.4 Å². The van der Waals surface area contributed by atoms with E-state index in [-0.39, 0.29) is 11.3 Å². The number of ether oxygens (including phenoxy) is 1. The summed E-state index contributed by atoms with van der Waals surface area (Å²) in [5.74, 6) is 1.39. The Labute approximate surface area is 178 Å². The van der Waals surface area contributed by atoms with Crippen molar-refractivity contribution >= 4 is 30.5 Å². The number of likely N-dealkylation sites (tertiary alicyclic amines) is 1. The van der Waals surface area contributed by atoms with E-state index < -0.39 is 0 Å². The van der Waals surface area contributed by atoms with Crippen molar-refractivity contribution in [2.75, 3.05) is 13.1 Å². The molecule has 1 aromatic carbocycles. The van der Waals surface area contributed by atoms with Crippen molar-refractivity contribution in [2.45, 2.75) is 28.5 Å². The second-order valence-corrected chi connectivity index (χ2v) is 8.64. The van der Waals surface area contributed by atoms with Crippen molar-refractivity contribution in [3.8, 4) is 5.75 Å². The maximum absolute atomic E-state index is 12.5. The predicted octanol–water partition coefficient (Wildman–Crippen LogP) is 3.31. The molecule has 2 aromatic heterocycles. The van der Waals surface area contributed by atoms with E-state index in [0.29, 0.717) is 24.1 Å². The van der Waals surface area contributed by atoms with Crippen molar-refractivity contribution in [1.29, 1.82) is 0 Å². The van der Waals surface area contributed by atoms with Gasteiger partial charge in [-0.25, -0.2) is 14.8 Å². The van der Waals surface area contributed by atoms with Crippen LogP contribution in [0, 0.1) is 0 Å². The van der Waals surface area contributed by atoms with E-state index in [1.54, 1.807) is 35.0 Å². The van der Waals surface area contributed by atoms with Crippen LogP contribution < -0.4 is 4.74 Å². The predicted molar refractivity (Wildman–Crippen MR) is 113 cm³/mol. The molecule has 0 aliphatic carbocycles. The highest BCUT2D eigenvalue weighted by atomic mass is 32.2. The van der Waals surface area contributed by atoms with Crippen LogP contribution >= 0.6 is 24.4 Å². The number of rotatable bonds is 5. The van der Waals surface area contributed by atoms with E-state index >= 15 is 0 Å². The Morgan fingerprint density at radius 3 is 2.66 bits per heavy atom. The second kappa shape index (κ2) is 8.91. The van der Waals surface area contributed by atoms with E-state index in [1.807, 2.05) is 29.9 Å².